The summed E-state index contributed by atoms with van der Waals surface area (Å²) in [6.07, 6.45) is 2.68. The van der Waals surface area contributed by atoms with Crippen molar-refractivity contribution in [1.82, 2.24) is 4.72 Å². The standard InChI is InChI=1S/C16H17BrN2O2S/c17-12-4-2-5-14(10-12)22(20,21)19-16-6-1-3-11-9-13(18)7-8-15(11)16/h2,4-5,7-10,16,19H,1,3,6,18H2. The van der Waals surface area contributed by atoms with Gasteiger partial charge in [0.05, 0.1) is 4.90 Å². The van der Waals surface area contributed by atoms with E-state index in [0.29, 0.717) is 5.69 Å². The predicted octanol–water partition coefficient (Wildman–Crippen LogP) is 3.39. The van der Waals surface area contributed by atoms with E-state index in [9.17, 15) is 8.42 Å². The summed E-state index contributed by atoms with van der Waals surface area (Å²) in [5.74, 6) is 0. The van der Waals surface area contributed by atoms with E-state index in [4.69, 9.17) is 5.73 Å². The largest absolute Gasteiger partial charge is 0.399 e. The first-order chi connectivity index (χ1) is 10.5. The fourth-order valence-corrected chi connectivity index (χ4v) is 4.69. The molecular formula is C16H17BrN2O2S. The monoisotopic (exact) mass is 380 g/mol. The van der Waals surface area contributed by atoms with Crippen LogP contribution in [0.15, 0.2) is 51.8 Å². The second-order valence-corrected chi connectivity index (χ2v) is 8.11. The molecule has 116 valence electrons. The minimum atomic E-state index is -3.55. The van der Waals surface area contributed by atoms with Crippen molar-refractivity contribution in [2.45, 2.75) is 30.2 Å². The van der Waals surface area contributed by atoms with Gasteiger partial charge in [-0.1, -0.05) is 28.1 Å². The van der Waals surface area contributed by atoms with Crippen LogP contribution in [0.4, 0.5) is 5.69 Å². The normalized spacial score (nSPS) is 18.0. The molecule has 0 aliphatic heterocycles. The first-order valence-corrected chi connectivity index (χ1v) is 9.39. The van der Waals surface area contributed by atoms with Crippen molar-refractivity contribution in [2.75, 3.05) is 5.73 Å². The van der Waals surface area contributed by atoms with Crippen LogP contribution in [0.5, 0.6) is 0 Å². The van der Waals surface area contributed by atoms with Gasteiger partial charge in [0.15, 0.2) is 0 Å². The number of anilines is 1. The number of benzene rings is 2. The molecule has 0 amide bonds. The molecule has 3 rings (SSSR count). The Labute approximate surface area is 138 Å². The van der Waals surface area contributed by atoms with E-state index in [1.54, 1.807) is 24.3 Å². The van der Waals surface area contributed by atoms with Gasteiger partial charge in [0.2, 0.25) is 10.0 Å². The second kappa shape index (κ2) is 6.02. The van der Waals surface area contributed by atoms with Crippen LogP contribution in [0, 0.1) is 0 Å². The Hall–Kier alpha value is -1.37. The van der Waals surface area contributed by atoms with E-state index in [1.165, 1.54) is 0 Å². The van der Waals surface area contributed by atoms with Crippen LogP contribution in [0.25, 0.3) is 0 Å². The summed E-state index contributed by atoms with van der Waals surface area (Å²) in [4.78, 5) is 0.268. The highest BCUT2D eigenvalue weighted by atomic mass is 79.9. The molecule has 0 saturated carbocycles. The first-order valence-electron chi connectivity index (χ1n) is 7.12. The van der Waals surface area contributed by atoms with Gasteiger partial charge in [-0.25, -0.2) is 13.1 Å². The third kappa shape index (κ3) is 3.19. The molecule has 3 N–H and O–H groups in total. The molecule has 2 aromatic rings. The van der Waals surface area contributed by atoms with Gasteiger partial charge in [-0.15, -0.1) is 0 Å². The third-order valence-corrected chi connectivity index (χ3v) is 5.85. The number of rotatable bonds is 3. The van der Waals surface area contributed by atoms with Crippen molar-refractivity contribution in [3.8, 4) is 0 Å². The molecule has 6 heteroatoms. The molecule has 0 radical (unpaired) electrons. The van der Waals surface area contributed by atoms with Crippen molar-refractivity contribution in [3.05, 3.63) is 58.1 Å². The number of aryl methyl sites for hydroxylation is 1. The number of nitrogen functional groups attached to an aromatic ring is 1. The summed E-state index contributed by atoms with van der Waals surface area (Å²) in [5, 5.41) is 0. The van der Waals surface area contributed by atoms with E-state index in [0.717, 1.165) is 34.9 Å². The maximum atomic E-state index is 12.6. The number of fused-ring (bicyclic) bond motifs is 1. The summed E-state index contributed by atoms with van der Waals surface area (Å²) >= 11 is 3.31. The quantitative estimate of drug-likeness (QED) is 0.801. The molecule has 22 heavy (non-hydrogen) atoms. The van der Waals surface area contributed by atoms with Crippen molar-refractivity contribution < 1.29 is 8.42 Å². The minimum absolute atomic E-state index is 0.201. The van der Waals surface area contributed by atoms with Crippen LogP contribution in [0.2, 0.25) is 0 Å². The van der Waals surface area contributed by atoms with Crippen molar-refractivity contribution in [1.29, 1.82) is 0 Å². The highest BCUT2D eigenvalue weighted by Crippen LogP contribution is 2.32. The zero-order valence-corrected chi connectivity index (χ0v) is 14.3. The van der Waals surface area contributed by atoms with Gasteiger partial charge in [-0.05, 0) is 60.7 Å². The average molecular weight is 381 g/mol. The van der Waals surface area contributed by atoms with Gasteiger partial charge < -0.3 is 5.73 Å². The molecule has 1 unspecified atom stereocenters. The van der Waals surface area contributed by atoms with E-state index < -0.39 is 10.0 Å². The molecule has 2 aromatic carbocycles. The Balaban J connectivity index is 1.91. The van der Waals surface area contributed by atoms with E-state index in [2.05, 4.69) is 20.7 Å². The van der Waals surface area contributed by atoms with E-state index in [-0.39, 0.29) is 10.9 Å². The third-order valence-electron chi connectivity index (χ3n) is 3.89. The number of nitrogens with one attached hydrogen (secondary N) is 1. The molecule has 4 nitrogen and oxygen atoms in total. The van der Waals surface area contributed by atoms with Crippen molar-refractivity contribution in [2.24, 2.45) is 0 Å². The molecule has 0 spiro atoms. The molecule has 1 aliphatic rings. The van der Waals surface area contributed by atoms with Crippen LogP contribution in [0.3, 0.4) is 0 Å². The molecule has 0 saturated heterocycles. The maximum Gasteiger partial charge on any atom is 0.241 e. The Morgan fingerprint density at radius 2 is 2.00 bits per heavy atom. The fraction of sp³-hybridized carbons (Fsp3) is 0.250. The number of hydrogen-bond acceptors (Lipinski definition) is 3. The molecule has 0 aromatic heterocycles. The topological polar surface area (TPSA) is 72.2 Å². The van der Waals surface area contributed by atoms with E-state index in [1.807, 2.05) is 18.2 Å². The van der Waals surface area contributed by atoms with Crippen LogP contribution >= 0.6 is 15.9 Å². The SMILES string of the molecule is Nc1ccc2c(c1)CCCC2NS(=O)(=O)c1cccc(Br)c1. The van der Waals surface area contributed by atoms with Crippen LogP contribution < -0.4 is 10.5 Å². The lowest BCUT2D eigenvalue weighted by atomic mass is 9.88. The van der Waals surface area contributed by atoms with Gasteiger partial charge in [0.25, 0.3) is 0 Å². The van der Waals surface area contributed by atoms with Gasteiger partial charge in [0.1, 0.15) is 0 Å². The molecule has 0 fully saturated rings. The van der Waals surface area contributed by atoms with Crippen molar-refractivity contribution >= 4 is 31.6 Å². The van der Waals surface area contributed by atoms with Gasteiger partial charge >= 0.3 is 0 Å². The zero-order chi connectivity index (χ0) is 15.7. The van der Waals surface area contributed by atoms with Gasteiger partial charge in [-0.2, -0.15) is 0 Å². The Morgan fingerprint density at radius 3 is 2.77 bits per heavy atom. The molecular weight excluding hydrogens is 364 g/mol. The fourth-order valence-electron chi connectivity index (χ4n) is 2.85. The highest BCUT2D eigenvalue weighted by Gasteiger charge is 2.25. The number of halogens is 1. The van der Waals surface area contributed by atoms with Crippen molar-refractivity contribution in [3.63, 3.8) is 0 Å². The Morgan fingerprint density at radius 1 is 1.18 bits per heavy atom. The first kappa shape index (κ1) is 15.5. The molecule has 1 atom stereocenters. The number of hydrogen-bond donors (Lipinski definition) is 2. The minimum Gasteiger partial charge on any atom is -0.399 e. The molecule has 1 aliphatic carbocycles. The summed E-state index contributed by atoms with van der Waals surface area (Å²) in [5.41, 5.74) is 8.69. The average Bonchev–Trinajstić information content (AvgIpc) is 2.47. The van der Waals surface area contributed by atoms with Gasteiger partial charge in [-0.3, -0.25) is 0 Å². The number of nitrogens with two attached hydrogens (primary N) is 1. The highest BCUT2D eigenvalue weighted by molar-refractivity contribution is 9.10. The smallest absolute Gasteiger partial charge is 0.241 e. The Bertz CT molecular complexity index is 806. The van der Waals surface area contributed by atoms with E-state index >= 15 is 0 Å². The molecule has 0 heterocycles. The predicted molar refractivity (Wildman–Crippen MR) is 91.0 cm³/mol. The van der Waals surface area contributed by atoms with Crippen LogP contribution in [-0.4, -0.2) is 8.42 Å². The molecule has 0 bridgehead atoms. The number of sulfonamides is 1. The lowest BCUT2D eigenvalue weighted by Gasteiger charge is -2.26. The summed E-state index contributed by atoms with van der Waals surface area (Å²) < 4.78 is 28.7. The maximum absolute atomic E-state index is 12.6. The van der Waals surface area contributed by atoms with Crippen LogP contribution in [0.1, 0.15) is 30.0 Å². The summed E-state index contributed by atoms with van der Waals surface area (Å²) in [7, 11) is -3.55. The lowest BCUT2D eigenvalue weighted by molar-refractivity contribution is 0.507. The summed E-state index contributed by atoms with van der Waals surface area (Å²) in [6, 6.07) is 12.2. The summed E-state index contributed by atoms with van der Waals surface area (Å²) in [6.45, 7) is 0. The second-order valence-electron chi connectivity index (χ2n) is 5.48. The zero-order valence-electron chi connectivity index (χ0n) is 11.9. The lowest BCUT2D eigenvalue weighted by Crippen LogP contribution is -2.31. The van der Waals surface area contributed by atoms with Crippen LogP contribution in [-0.2, 0) is 16.4 Å². The van der Waals surface area contributed by atoms with Gasteiger partial charge in [0, 0.05) is 16.2 Å². The Kier molecular flexibility index (Phi) is 4.25.